The van der Waals surface area contributed by atoms with E-state index in [2.05, 4.69) is 4.52 Å². The molecule has 0 amide bonds. The lowest BCUT2D eigenvalue weighted by atomic mass is 10.5. The number of hydrogen-bond donors (Lipinski definition) is 2. The van der Waals surface area contributed by atoms with Crippen LogP contribution in [0.3, 0.4) is 0 Å². The minimum atomic E-state index is -4.28. The maximum Gasteiger partial charge on any atom is 0.469 e. The van der Waals surface area contributed by atoms with Crippen molar-refractivity contribution in [1.29, 1.82) is 0 Å². The summed E-state index contributed by atoms with van der Waals surface area (Å²) in [6, 6.07) is 0. The molecule has 0 aliphatic rings. The Labute approximate surface area is 53.1 Å². The van der Waals surface area contributed by atoms with Crippen LogP contribution in [0.2, 0.25) is 0 Å². The Morgan fingerprint density at radius 3 is 2.44 bits per heavy atom. The molecule has 0 saturated heterocycles. The molecular weight excluding hydrogens is 145 g/mol. The molecule has 0 aromatic heterocycles. The lowest BCUT2D eigenvalue weighted by Gasteiger charge is -2.01. The largest absolute Gasteiger partial charge is 0.469 e. The zero-order chi connectivity index (χ0) is 7.33. The molecule has 1 radical (unpaired) electrons. The summed E-state index contributed by atoms with van der Waals surface area (Å²) in [6.07, 6.45) is 0.352. The van der Waals surface area contributed by atoms with Crippen molar-refractivity contribution >= 4 is 7.82 Å². The molecule has 0 unspecified atom stereocenters. The van der Waals surface area contributed by atoms with Crippen LogP contribution < -0.4 is 5.73 Å². The SMILES string of the molecule is [NH]CCCOP(=O)(O)O. The fourth-order valence-electron chi connectivity index (χ4n) is 0.256. The molecule has 0 atom stereocenters. The van der Waals surface area contributed by atoms with E-state index < -0.39 is 7.82 Å². The van der Waals surface area contributed by atoms with Crippen molar-refractivity contribution in [2.75, 3.05) is 13.2 Å². The Balaban J connectivity index is 3.18. The van der Waals surface area contributed by atoms with Crippen LogP contribution in [0.4, 0.5) is 0 Å². The first-order valence-corrected chi connectivity index (χ1v) is 3.94. The van der Waals surface area contributed by atoms with Gasteiger partial charge in [-0.1, -0.05) is 0 Å². The highest BCUT2D eigenvalue weighted by molar-refractivity contribution is 7.46. The molecular formula is C3H9NO4P. The third-order valence-electron chi connectivity index (χ3n) is 0.581. The van der Waals surface area contributed by atoms with E-state index in [1.54, 1.807) is 0 Å². The molecule has 0 saturated carbocycles. The van der Waals surface area contributed by atoms with Gasteiger partial charge in [-0.25, -0.2) is 4.57 Å². The summed E-state index contributed by atoms with van der Waals surface area (Å²) in [7, 11) is -4.28. The van der Waals surface area contributed by atoms with E-state index in [4.69, 9.17) is 15.5 Å². The van der Waals surface area contributed by atoms with Crippen LogP contribution in [0.25, 0.3) is 0 Å². The normalized spacial score (nSPS) is 11.9. The van der Waals surface area contributed by atoms with Crippen LogP contribution in [0.1, 0.15) is 6.42 Å². The first kappa shape index (κ1) is 9.07. The van der Waals surface area contributed by atoms with Gasteiger partial charge in [0.25, 0.3) is 0 Å². The molecule has 0 aliphatic heterocycles. The third-order valence-corrected chi connectivity index (χ3v) is 1.10. The number of nitrogens with one attached hydrogen (secondary N) is 1. The van der Waals surface area contributed by atoms with Gasteiger partial charge in [-0.05, 0) is 6.42 Å². The van der Waals surface area contributed by atoms with Crippen LogP contribution in [0.15, 0.2) is 0 Å². The number of rotatable bonds is 4. The summed E-state index contributed by atoms with van der Waals surface area (Å²) in [6.45, 7) is 0.0772. The van der Waals surface area contributed by atoms with Crippen LogP contribution in [0, 0.1) is 0 Å². The molecule has 5 nitrogen and oxygen atoms in total. The molecule has 6 heteroatoms. The Bertz CT molecular complexity index is 110. The monoisotopic (exact) mass is 154 g/mol. The van der Waals surface area contributed by atoms with Crippen molar-refractivity contribution in [1.82, 2.24) is 5.73 Å². The average Bonchev–Trinajstić information content (AvgIpc) is 1.63. The van der Waals surface area contributed by atoms with E-state index in [1.807, 2.05) is 0 Å². The van der Waals surface area contributed by atoms with Gasteiger partial charge in [0, 0.05) is 6.54 Å². The number of phosphoric acid groups is 1. The van der Waals surface area contributed by atoms with Gasteiger partial charge in [0.05, 0.1) is 6.61 Å². The maximum atomic E-state index is 9.92. The van der Waals surface area contributed by atoms with E-state index in [1.165, 1.54) is 0 Å². The molecule has 3 N–H and O–H groups in total. The molecule has 0 aromatic carbocycles. The van der Waals surface area contributed by atoms with Crippen molar-refractivity contribution in [3.05, 3.63) is 0 Å². The highest BCUT2D eigenvalue weighted by Crippen LogP contribution is 2.35. The summed E-state index contributed by atoms with van der Waals surface area (Å²) in [5, 5.41) is 0. The van der Waals surface area contributed by atoms with Gasteiger partial charge in [0.15, 0.2) is 0 Å². The molecule has 0 fully saturated rings. The summed E-state index contributed by atoms with van der Waals surface area (Å²) in [4.78, 5) is 16.1. The average molecular weight is 154 g/mol. The smallest absolute Gasteiger partial charge is 0.303 e. The first-order chi connectivity index (χ1) is 4.06. The Hall–Kier alpha value is 0.0700. The van der Waals surface area contributed by atoms with Gasteiger partial charge in [0.2, 0.25) is 0 Å². The molecule has 0 heterocycles. The van der Waals surface area contributed by atoms with Crippen molar-refractivity contribution in [3.63, 3.8) is 0 Å². The molecule has 0 rings (SSSR count). The molecule has 0 aromatic rings. The second kappa shape index (κ2) is 3.98. The summed E-state index contributed by atoms with van der Waals surface area (Å²) in [5.74, 6) is 0. The number of phosphoric ester groups is 1. The van der Waals surface area contributed by atoms with E-state index >= 15 is 0 Å². The molecule has 55 valence electrons. The molecule has 0 spiro atoms. The second-order valence-corrected chi connectivity index (χ2v) is 2.67. The van der Waals surface area contributed by atoms with E-state index in [0.717, 1.165) is 0 Å². The molecule has 0 aliphatic carbocycles. The second-order valence-electron chi connectivity index (χ2n) is 1.43. The first-order valence-electron chi connectivity index (χ1n) is 2.41. The quantitative estimate of drug-likeness (QED) is 0.432. The van der Waals surface area contributed by atoms with E-state index in [0.29, 0.717) is 6.42 Å². The topological polar surface area (TPSA) is 90.6 Å². The van der Waals surface area contributed by atoms with Crippen molar-refractivity contribution in [2.24, 2.45) is 0 Å². The lowest BCUT2D eigenvalue weighted by molar-refractivity contribution is 0.196. The number of hydrogen-bond acceptors (Lipinski definition) is 2. The lowest BCUT2D eigenvalue weighted by Crippen LogP contribution is -1.95. The minimum Gasteiger partial charge on any atom is -0.303 e. The van der Waals surface area contributed by atoms with Crippen molar-refractivity contribution in [3.8, 4) is 0 Å². The van der Waals surface area contributed by atoms with Gasteiger partial charge in [0.1, 0.15) is 0 Å². The Morgan fingerprint density at radius 1 is 1.56 bits per heavy atom. The Morgan fingerprint density at radius 2 is 2.11 bits per heavy atom. The van der Waals surface area contributed by atoms with Crippen LogP contribution in [-0.2, 0) is 9.09 Å². The van der Waals surface area contributed by atoms with E-state index in [9.17, 15) is 4.57 Å². The highest BCUT2D eigenvalue weighted by atomic mass is 31.2. The standard InChI is InChI=1S/C3H9NO4P/c4-2-1-3-8-9(5,6)7/h4H,1-3H2,(H2,5,6,7). The van der Waals surface area contributed by atoms with Gasteiger partial charge in [-0.2, -0.15) is 0 Å². The zero-order valence-electron chi connectivity index (χ0n) is 4.78. The summed E-state index contributed by atoms with van der Waals surface area (Å²) in [5.41, 5.74) is 6.58. The molecule has 0 bridgehead atoms. The van der Waals surface area contributed by atoms with Gasteiger partial charge < -0.3 is 9.79 Å². The van der Waals surface area contributed by atoms with Crippen LogP contribution in [-0.4, -0.2) is 22.9 Å². The maximum absolute atomic E-state index is 9.92. The summed E-state index contributed by atoms with van der Waals surface area (Å²) < 4.78 is 13.9. The van der Waals surface area contributed by atoms with Gasteiger partial charge >= 0.3 is 7.82 Å². The van der Waals surface area contributed by atoms with Gasteiger partial charge in [-0.15, -0.1) is 0 Å². The van der Waals surface area contributed by atoms with Crippen molar-refractivity contribution in [2.45, 2.75) is 6.42 Å². The third kappa shape index (κ3) is 8.07. The molecule has 9 heavy (non-hydrogen) atoms. The highest BCUT2D eigenvalue weighted by Gasteiger charge is 2.11. The zero-order valence-corrected chi connectivity index (χ0v) is 5.67. The van der Waals surface area contributed by atoms with Crippen molar-refractivity contribution < 1.29 is 18.9 Å². The van der Waals surface area contributed by atoms with Crippen LogP contribution >= 0.6 is 7.82 Å². The minimum absolute atomic E-state index is 0.0478. The fraction of sp³-hybridized carbons (Fsp3) is 1.00. The van der Waals surface area contributed by atoms with E-state index in [-0.39, 0.29) is 13.2 Å². The predicted octanol–water partition coefficient (Wildman–Crippen LogP) is -0.231. The predicted molar refractivity (Wildman–Crippen MR) is 30.6 cm³/mol. The van der Waals surface area contributed by atoms with Gasteiger partial charge in [-0.3, -0.25) is 10.3 Å². The Kier molecular flexibility index (Phi) is 4.01. The van der Waals surface area contributed by atoms with Crippen LogP contribution in [0.5, 0.6) is 0 Å². The summed E-state index contributed by atoms with van der Waals surface area (Å²) >= 11 is 0. The fourth-order valence-corrected chi connectivity index (χ4v) is 0.623.